The van der Waals surface area contributed by atoms with E-state index in [1.165, 1.54) is 12.8 Å². The maximum Gasteiger partial charge on any atom is 0.239 e. The Hall–Kier alpha value is -0.320. The summed E-state index contributed by atoms with van der Waals surface area (Å²) in [7, 11) is 1.74. The zero-order valence-electron chi connectivity index (χ0n) is 11.4. The summed E-state index contributed by atoms with van der Waals surface area (Å²) in [6, 6.07) is 0.0506. The molecular weight excluding hydrogens is 252 g/mol. The summed E-state index contributed by atoms with van der Waals surface area (Å²) in [4.78, 5) is 14.3. The van der Waals surface area contributed by atoms with Gasteiger partial charge in [-0.2, -0.15) is 0 Å². The van der Waals surface area contributed by atoms with Crippen LogP contribution in [0.4, 0.5) is 0 Å². The third-order valence-electron chi connectivity index (χ3n) is 4.11. The molecule has 1 N–H and O–H groups in total. The van der Waals surface area contributed by atoms with Gasteiger partial charge >= 0.3 is 0 Å². The Morgan fingerprint density at radius 2 is 2.11 bits per heavy atom. The number of hydrogen-bond acceptors (Lipinski definition) is 3. The van der Waals surface area contributed by atoms with Crippen LogP contribution in [0.1, 0.15) is 32.6 Å². The summed E-state index contributed by atoms with van der Waals surface area (Å²) >= 11 is 0. The van der Waals surface area contributed by atoms with Crippen LogP contribution in [0.25, 0.3) is 0 Å². The van der Waals surface area contributed by atoms with Crippen molar-refractivity contribution in [2.75, 3.05) is 26.7 Å². The lowest BCUT2D eigenvalue weighted by Crippen LogP contribution is -2.54. The van der Waals surface area contributed by atoms with E-state index in [4.69, 9.17) is 4.74 Å². The van der Waals surface area contributed by atoms with Gasteiger partial charge in [0.25, 0.3) is 0 Å². The minimum atomic E-state index is 0. The summed E-state index contributed by atoms with van der Waals surface area (Å²) in [6.07, 6.45) is 4.61. The Labute approximate surface area is 116 Å². The molecule has 0 radical (unpaired) electrons. The highest BCUT2D eigenvalue weighted by Crippen LogP contribution is 2.21. The number of carbonyl (C=O) groups excluding carboxylic acids is 1. The number of likely N-dealkylation sites (tertiary alicyclic amines) is 1. The number of carbonyl (C=O) groups is 1. The first-order valence-corrected chi connectivity index (χ1v) is 6.77. The van der Waals surface area contributed by atoms with Crippen molar-refractivity contribution in [1.82, 2.24) is 10.2 Å². The Morgan fingerprint density at radius 3 is 2.72 bits per heavy atom. The summed E-state index contributed by atoms with van der Waals surface area (Å²) < 4.78 is 5.46. The van der Waals surface area contributed by atoms with E-state index in [0.717, 1.165) is 32.5 Å². The Morgan fingerprint density at radius 1 is 1.33 bits per heavy atom. The molecule has 2 unspecified atom stereocenters. The minimum Gasteiger partial charge on any atom is -0.379 e. The van der Waals surface area contributed by atoms with Crippen LogP contribution < -0.4 is 5.32 Å². The predicted octanol–water partition coefficient (Wildman–Crippen LogP) is 1.43. The lowest BCUT2D eigenvalue weighted by Gasteiger charge is -2.38. The minimum absolute atomic E-state index is 0. The van der Waals surface area contributed by atoms with Gasteiger partial charge in [-0.15, -0.1) is 12.4 Å². The summed E-state index contributed by atoms with van der Waals surface area (Å²) in [5, 5.41) is 3.33. The third-order valence-corrected chi connectivity index (χ3v) is 4.11. The van der Waals surface area contributed by atoms with Crippen molar-refractivity contribution in [3.05, 3.63) is 0 Å². The first-order chi connectivity index (χ1) is 8.22. The normalized spacial score (nSPS) is 32.8. The maximum absolute atomic E-state index is 12.3. The average Bonchev–Trinajstić information content (AvgIpc) is 2.39. The Bertz CT molecular complexity index is 270. The molecule has 5 heteroatoms. The van der Waals surface area contributed by atoms with Gasteiger partial charge in [0, 0.05) is 20.2 Å². The zero-order valence-corrected chi connectivity index (χ0v) is 12.2. The zero-order chi connectivity index (χ0) is 12.3. The molecule has 4 nitrogen and oxygen atoms in total. The number of nitrogens with one attached hydrogen (secondary N) is 1. The van der Waals surface area contributed by atoms with Gasteiger partial charge in [-0.3, -0.25) is 4.79 Å². The highest BCUT2D eigenvalue weighted by atomic mass is 35.5. The standard InChI is InChI=1S/C13H24N2O2.ClH/c1-10-6-8-15(9-12(10)17-2)13(16)11-5-3-4-7-14-11;/h10-12,14H,3-9H2,1-2H3;1H/t10?,11-,12?;/m1./s1. The van der Waals surface area contributed by atoms with Gasteiger partial charge in [0.15, 0.2) is 0 Å². The van der Waals surface area contributed by atoms with Crippen molar-refractivity contribution in [2.45, 2.75) is 44.8 Å². The lowest BCUT2D eigenvalue weighted by atomic mass is 9.94. The van der Waals surface area contributed by atoms with Crippen LogP contribution in [-0.2, 0) is 9.53 Å². The SMILES string of the molecule is COC1CN(C(=O)[C@H]2CCCCN2)CCC1C.Cl. The molecule has 2 heterocycles. The largest absolute Gasteiger partial charge is 0.379 e. The molecule has 18 heavy (non-hydrogen) atoms. The predicted molar refractivity (Wildman–Crippen MR) is 74.0 cm³/mol. The second-order valence-corrected chi connectivity index (χ2v) is 5.33. The fourth-order valence-electron chi connectivity index (χ4n) is 2.82. The van der Waals surface area contributed by atoms with Gasteiger partial charge in [-0.1, -0.05) is 13.3 Å². The van der Waals surface area contributed by atoms with Crippen LogP contribution in [0.5, 0.6) is 0 Å². The molecule has 0 spiro atoms. The Kier molecular flexibility index (Phi) is 6.39. The van der Waals surface area contributed by atoms with Crippen LogP contribution in [0.2, 0.25) is 0 Å². The molecule has 0 aliphatic carbocycles. The average molecular weight is 277 g/mol. The van der Waals surface area contributed by atoms with Gasteiger partial charge in [-0.05, 0) is 31.7 Å². The van der Waals surface area contributed by atoms with E-state index in [1.54, 1.807) is 7.11 Å². The fourth-order valence-corrected chi connectivity index (χ4v) is 2.82. The van der Waals surface area contributed by atoms with Gasteiger partial charge in [0.2, 0.25) is 5.91 Å². The summed E-state index contributed by atoms with van der Waals surface area (Å²) in [5.74, 6) is 0.835. The maximum atomic E-state index is 12.3. The molecule has 0 bridgehead atoms. The number of hydrogen-bond donors (Lipinski definition) is 1. The van der Waals surface area contributed by atoms with Crippen LogP contribution in [0.3, 0.4) is 0 Å². The van der Waals surface area contributed by atoms with E-state index in [0.29, 0.717) is 5.92 Å². The van der Waals surface area contributed by atoms with Gasteiger partial charge in [0.05, 0.1) is 12.1 Å². The van der Waals surface area contributed by atoms with Crippen molar-refractivity contribution in [3.63, 3.8) is 0 Å². The summed E-state index contributed by atoms with van der Waals surface area (Å²) in [5.41, 5.74) is 0. The van der Waals surface area contributed by atoms with Crippen molar-refractivity contribution in [2.24, 2.45) is 5.92 Å². The van der Waals surface area contributed by atoms with Crippen molar-refractivity contribution in [1.29, 1.82) is 0 Å². The number of methoxy groups -OCH3 is 1. The van der Waals surface area contributed by atoms with Gasteiger partial charge in [0.1, 0.15) is 0 Å². The molecule has 2 fully saturated rings. The molecule has 2 aliphatic rings. The van der Waals surface area contributed by atoms with Crippen molar-refractivity contribution >= 4 is 18.3 Å². The molecule has 2 aliphatic heterocycles. The number of amides is 1. The number of piperidine rings is 2. The number of nitrogens with zero attached hydrogens (tertiary/aromatic N) is 1. The molecule has 2 rings (SSSR count). The first-order valence-electron chi connectivity index (χ1n) is 6.77. The van der Waals surface area contributed by atoms with Gasteiger partial charge in [-0.25, -0.2) is 0 Å². The van der Waals surface area contributed by atoms with Crippen LogP contribution in [0, 0.1) is 5.92 Å². The molecule has 3 atom stereocenters. The topological polar surface area (TPSA) is 41.6 Å². The summed E-state index contributed by atoms with van der Waals surface area (Å²) in [6.45, 7) is 4.83. The number of rotatable bonds is 2. The van der Waals surface area contributed by atoms with E-state index >= 15 is 0 Å². The molecule has 106 valence electrons. The molecule has 0 aromatic rings. The van der Waals surface area contributed by atoms with E-state index in [1.807, 2.05) is 4.90 Å². The lowest BCUT2D eigenvalue weighted by molar-refractivity contribution is -0.139. The first kappa shape index (κ1) is 15.7. The van der Waals surface area contributed by atoms with E-state index < -0.39 is 0 Å². The smallest absolute Gasteiger partial charge is 0.239 e. The van der Waals surface area contributed by atoms with Gasteiger partial charge < -0.3 is 15.0 Å². The second kappa shape index (κ2) is 7.31. The van der Waals surface area contributed by atoms with Crippen LogP contribution in [0.15, 0.2) is 0 Å². The Balaban J connectivity index is 0.00000162. The van der Waals surface area contributed by atoms with Crippen LogP contribution >= 0.6 is 12.4 Å². The molecule has 0 aromatic heterocycles. The fraction of sp³-hybridized carbons (Fsp3) is 0.923. The quantitative estimate of drug-likeness (QED) is 0.830. The molecule has 1 amide bonds. The van der Waals surface area contributed by atoms with E-state index in [9.17, 15) is 4.79 Å². The van der Waals surface area contributed by atoms with Crippen molar-refractivity contribution in [3.8, 4) is 0 Å². The molecule has 0 saturated carbocycles. The van der Waals surface area contributed by atoms with Crippen molar-refractivity contribution < 1.29 is 9.53 Å². The highest BCUT2D eigenvalue weighted by Gasteiger charge is 2.32. The monoisotopic (exact) mass is 276 g/mol. The number of halogens is 1. The van der Waals surface area contributed by atoms with Crippen LogP contribution in [-0.4, -0.2) is 49.7 Å². The third kappa shape index (κ3) is 3.59. The molecular formula is C13H25ClN2O2. The second-order valence-electron chi connectivity index (χ2n) is 5.33. The molecule has 0 aromatic carbocycles. The highest BCUT2D eigenvalue weighted by molar-refractivity contribution is 5.85. The van der Waals surface area contributed by atoms with E-state index in [2.05, 4.69) is 12.2 Å². The molecule has 2 saturated heterocycles. The number of ether oxygens (including phenoxy) is 1. The van der Waals surface area contributed by atoms with E-state index in [-0.39, 0.29) is 30.5 Å².